The van der Waals surface area contributed by atoms with Gasteiger partial charge in [0.2, 0.25) is 0 Å². The SMILES string of the molecule is S/N=C\N=CN1CCC(N2CCC3(CC2)CNc2ccccc23)CC1. The maximum Gasteiger partial charge on any atom is 0.125 e. The summed E-state index contributed by atoms with van der Waals surface area (Å²) in [7, 11) is 0. The van der Waals surface area contributed by atoms with Gasteiger partial charge in [0, 0.05) is 36.8 Å². The molecular weight excluding hydrogens is 330 g/mol. The molecule has 134 valence electrons. The first-order chi connectivity index (χ1) is 12.3. The number of piperidine rings is 2. The summed E-state index contributed by atoms with van der Waals surface area (Å²) in [6, 6.07) is 9.61. The van der Waals surface area contributed by atoms with Crippen molar-refractivity contribution in [3.63, 3.8) is 0 Å². The Bertz CT molecular complexity index is 643. The summed E-state index contributed by atoms with van der Waals surface area (Å²) in [5.74, 6) is 0. The zero-order valence-electron chi connectivity index (χ0n) is 14.6. The number of likely N-dealkylation sites (tertiary alicyclic amines) is 2. The van der Waals surface area contributed by atoms with E-state index >= 15 is 0 Å². The Labute approximate surface area is 155 Å². The second-order valence-electron chi connectivity index (χ2n) is 7.48. The molecule has 1 spiro atoms. The first kappa shape index (κ1) is 16.9. The predicted molar refractivity (Wildman–Crippen MR) is 108 cm³/mol. The molecule has 4 rings (SSSR count). The molecule has 0 radical (unpaired) electrons. The third-order valence-corrected chi connectivity index (χ3v) is 6.34. The maximum absolute atomic E-state index is 4.13. The van der Waals surface area contributed by atoms with E-state index in [0.29, 0.717) is 5.41 Å². The average molecular weight is 358 g/mol. The Morgan fingerprint density at radius 1 is 1.12 bits per heavy atom. The van der Waals surface area contributed by atoms with Gasteiger partial charge in [-0.2, -0.15) is 0 Å². The quantitative estimate of drug-likeness (QED) is 0.497. The van der Waals surface area contributed by atoms with Crippen LogP contribution in [-0.2, 0) is 5.41 Å². The first-order valence-corrected chi connectivity index (χ1v) is 9.71. The summed E-state index contributed by atoms with van der Waals surface area (Å²) < 4.78 is 3.59. The minimum atomic E-state index is 0.368. The molecule has 25 heavy (non-hydrogen) atoms. The number of nitrogens with zero attached hydrogens (tertiary/aromatic N) is 4. The summed E-state index contributed by atoms with van der Waals surface area (Å²) in [5, 5.41) is 3.63. The second kappa shape index (κ2) is 7.38. The molecule has 3 aliphatic rings. The van der Waals surface area contributed by atoms with E-state index in [0.717, 1.165) is 25.7 Å². The van der Waals surface area contributed by atoms with E-state index in [-0.39, 0.29) is 0 Å². The molecule has 0 unspecified atom stereocenters. The summed E-state index contributed by atoms with van der Waals surface area (Å²) in [5.41, 5.74) is 3.27. The van der Waals surface area contributed by atoms with Crippen molar-refractivity contribution < 1.29 is 0 Å². The van der Waals surface area contributed by atoms with Crippen LogP contribution in [0.1, 0.15) is 31.2 Å². The average Bonchev–Trinajstić information content (AvgIpc) is 3.02. The molecule has 3 heterocycles. The van der Waals surface area contributed by atoms with Gasteiger partial charge >= 0.3 is 0 Å². The number of anilines is 1. The van der Waals surface area contributed by atoms with Crippen molar-refractivity contribution in [2.24, 2.45) is 9.39 Å². The minimum absolute atomic E-state index is 0.368. The van der Waals surface area contributed by atoms with Crippen LogP contribution in [0.5, 0.6) is 0 Å². The van der Waals surface area contributed by atoms with E-state index in [1.54, 1.807) is 5.56 Å². The van der Waals surface area contributed by atoms with Gasteiger partial charge < -0.3 is 15.1 Å². The molecule has 3 aliphatic heterocycles. The van der Waals surface area contributed by atoms with Gasteiger partial charge in [0.1, 0.15) is 6.34 Å². The fraction of sp³-hybridized carbons (Fsp3) is 0.579. The first-order valence-electron chi connectivity index (χ1n) is 9.31. The zero-order chi connectivity index (χ0) is 17.1. The highest BCUT2D eigenvalue weighted by Crippen LogP contribution is 2.44. The summed E-state index contributed by atoms with van der Waals surface area (Å²) >= 11 is 3.78. The number of hydrogen-bond acceptors (Lipinski definition) is 4. The minimum Gasteiger partial charge on any atom is -0.384 e. The van der Waals surface area contributed by atoms with Crippen LogP contribution in [0, 0.1) is 0 Å². The lowest BCUT2D eigenvalue weighted by Gasteiger charge is -2.45. The zero-order valence-corrected chi connectivity index (χ0v) is 15.5. The number of fused-ring (bicyclic) bond motifs is 2. The number of thiol groups is 1. The van der Waals surface area contributed by atoms with Crippen molar-refractivity contribution in [2.45, 2.75) is 37.1 Å². The molecule has 1 aromatic rings. The molecule has 0 saturated carbocycles. The summed E-state index contributed by atoms with van der Waals surface area (Å²) in [6.07, 6.45) is 8.38. The molecular formula is C19H27N5S. The molecule has 5 nitrogen and oxygen atoms in total. The van der Waals surface area contributed by atoms with Gasteiger partial charge in [-0.1, -0.05) is 18.2 Å². The Kier molecular flexibility index (Phi) is 4.99. The standard InChI is InChI=1S/C19H27N5S/c25-22-14-20-15-23-9-5-16(6-10-23)24-11-7-19(8-12-24)13-21-18-4-2-1-3-17(18)19/h1-4,14-16,21,25H,5-13H2/b20-15?,22-14-. The summed E-state index contributed by atoms with van der Waals surface area (Å²) in [6.45, 7) is 5.73. The monoisotopic (exact) mass is 357 g/mol. The number of nitrogens with one attached hydrogen (secondary N) is 1. The Morgan fingerprint density at radius 2 is 1.88 bits per heavy atom. The van der Waals surface area contributed by atoms with Gasteiger partial charge in [-0.25, -0.2) is 9.39 Å². The van der Waals surface area contributed by atoms with E-state index in [1.807, 2.05) is 6.34 Å². The topological polar surface area (TPSA) is 43.2 Å². The van der Waals surface area contributed by atoms with Crippen molar-refractivity contribution in [1.82, 2.24) is 9.80 Å². The van der Waals surface area contributed by atoms with E-state index in [2.05, 4.69) is 61.6 Å². The number of hydrogen-bond donors (Lipinski definition) is 2. The fourth-order valence-corrected chi connectivity index (χ4v) is 4.80. The van der Waals surface area contributed by atoms with Gasteiger partial charge in [-0.3, -0.25) is 0 Å². The number of benzene rings is 1. The van der Waals surface area contributed by atoms with E-state index in [4.69, 9.17) is 0 Å². The molecule has 0 atom stereocenters. The van der Waals surface area contributed by atoms with Crippen LogP contribution in [0.25, 0.3) is 0 Å². The Balaban J connectivity index is 1.32. The van der Waals surface area contributed by atoms with Crippen molar-refractivity contribution in [3.8, 4) is 0 Å². The smallest absolute Gasteiger partial charge is 0.125 e. The van der Waals surface area contributed by atoms with E-state index < -0.39 is 0 Å². The molecule has 1 aromatic carbocycles. The lowest BCUT2D eigenvalue weighted by atomic mass is 9.74. The third-order valence-electron chi connectivity index (χ3n) is 6.23. The Morgan fingerprint density at radius 3 is 2.64 bits per heavy atom. The highest BCUT2D eigenvalue weighted by Gasteiger charge is 2.42. The van der Waals surface area contributed by atoms with Gasteiger partial charge in [0.25, 0.3) is 0 Å². The molecule has 0 amide bonds. The van der Waals surface area contributed by atoms with Crippen molar-refractivity contribution >= 4 is 31.2 Å². The van der Waals surface area contributed by atoms with Crippen LogP contribution >= 0.6 is 12.8 Å². The van der Waals surface area contributed by atoms with Crippen molar-refractivity contribution in [1.29, 1.82) is 0 Å². The van der Waals surface area contributed by atoms with Crippen molar-refractivity contribution in [2.75, 3.05) is 38.0 Å². The molecule has 2 saturated heterocycles. The molecule has 0 aromatic heterocycles. The number of para-hydroxylation sites is 1. The van der Waals surface area contributed by atoms with Crippen molar-refractivity contribution in [3.05, 3.63) is 29.8 Å². The summed E-state index contributed by atoms with van der Waals surface area (Å²) in [4.78, 5) is 9.15. The molecule has 1 N–H and O–H groups in total. The largest absolute Gasteiger partial charge is 0.384 e. The van der Waals surface area contributed by atoms with Crippen LogP contribution in [-0.4, -0.2) is 61.2 Å². The number of aliphatic imine (C=N–C) groups is 1. The van der Waals surface area contributed by atoms with Gasteiger partial charge in [0.15, 0.2) is 0 Å². The maximum atomic E-state index is 4.13. The normalized spacial score (nSPS) is 24.3. The van der Waals surface area contributed by atoms with Gasteiger partial charge in [-0.05, 0) is 63.2 Å². The number of rotatable bonds is 3. The Hall–Kier alpha value is -1.53. The van der Waals surface area contributed by atoms with Crippen LogP contribution in [0.15, 0.2) is 33.7 Å². The fourth-order valence-electron chi connectivity index (χ4n) is 4.74. The van der Waals surface area contributed by atoms with Crippen LogP contribution in [0.3, 0.4) is 0 Å². The van der Waals surface area contributed by atoms with E-state index in [1.165, 1.54) is 50.8 Å². The highest BCUT2D eigenvalue weighted by molar-refractivity contribution is 7.78. The second-order valence-corrected chi connectivity index (χ2v) is 7.71. The van der Waals surface area contributed by atoms with E-state index in [9.17, 15) is 0 Å². The molecule has 0 bridgehead atoms. The van der Waals surface area contributed by atoms with Gasteiger partial charge in [-0.15, -0.1) is 0 Å². The molecule has 6 heteroatoms. The van der Waals surface area contributed by atoms with Crippen LogP contribution < -0.4 is 5.32 Å². The highest BCUT2D eigenvalue weighted by atomic mass is 32.1. The lowest BCUT2D eigenvalue weighted by Crippen LogP contribution is -2.51. The predicted octanol–water partition coefficient (Wildman–Crippen LogP) is 2.81. The molecule has 0 aliphatic carbocycles. The lowest BCUT2D eigenvalue weighted by molar-refractivity contribution is 0.0884. The van der Waals surface area contributed by atoms with Gasteiger partial charge in [0.05, 0.1) is 6.34 Å². The third kappa shape index (κ3) is 3.42. The van der Waals surface area contributed by atoms with Crippen LogP contribution in [0.4, 0.5) is 5.69 Å². The molecule has 2 fully saturated rings. The van der Waals surface area contributed by atoms with Crippen LogP contribution in [0.2, 0.25) is 0 Å².